The molecular weight excluding hydrogens is 446 g/mol. The zero-order chi connectivity index (χ0) is 23.7. The van der Waals surface area contributed by atoms with Crippen molar-refractivity contribution in [1.82, 2.24) is 14.7 Å². The fourth-order valence-corrected chi connectivity index (χ4v) is 5.48. The highest BCUT2D eigenvalue weighted by Gasteiger charge is 2.24. The van der Waals surface area contributed by atoms with E-state index in [0.717, 1.165) is 45.0 Å². The van der Waals surface area contributed by atoms with Gasteiger partial charge < -0.3 is 15.8 Å². The third-order valence-electron chi connectivity index (χ3n) is 6.43. The van der Waals surface area contributed by atoms with Gasteiger partial charge in [0.25, 0.3) is 5.91 Å². The number of imidazole rings is 1. The average molecular weight is 476 g/mol. The van der Waals surface area contributed by atoms with Crippen LogP contribution in [-0.4, -0.2) is 21.3 Å². The maximum Gasteiger partial charge on any atom is 0.272 e. The first-order valence-corrected chi connectivity index (χ1v) is 12.6. The second-order valence-electron chi connectivity index (χ2n) is 9.00. The van der Waals surface area contributed by atoms with Gasteiger partial charge in [-0.3, -0.25) is 9.20 Å². The summed E-state index contributed by atoms with van der Waals surface area (Å²) in [7, 11) is 0. The Morgan fingerprint density at radius 3 is 2.74 bits per heavy atom. The average Bonchev–Trinajstić information content (AvgIpc) is 3.44. The van der Waals surface area contributed by atoms with Gasteiger partial charge in [-0.2, -0.15) is 4.73 Å². The fourth-order valence-electron chi connectivity index (χ4n) is 4.57. The predicted molar refractivity (Wildman–Crippen MR) is 135 cm³/mol. The summed E-state index contributed by atoms with van der Waals surface area (Å²) in [4.78, 5) is 20.4. The zero-order valence-electron chi connectivity index (χ0n) is 19.5. The summed E-state index contributed by atoms with van der Waals surface area (Å²) in [5.74, 6) is -0.258. The van der Waals surface area contributed by atoms with Crippen LogP contribution in [0.25, 0.3) is 16.2 Å². The van der Waals surface area contributed by atoms with Gasteiger partial charge in [0.15, 0.2) is 23.2 Å². The van der Waals surface area contributed by atoms with Gasteiger partial charge in [-0.1, -0.05) is 19.3 Å². The third-order valence-corrected chi connectivity index (χ3v) is 7.43. The Kier molecular flexibility index (Phi) is 6.24. The Hall–Kier alpha value is -3.39. The van der Waals surface area contributed by atoms with E-state index in [9.17, 15) is 10.0 Å². The molecule has 2 N–H and O–H groups in total. The van der Waals surface area contributed by atoms with Gasteiger partial charge in [-0.05, 0) is 50.1 Å². The largest absolute Gasteiger partial charge is 0.619 e. The number of hydrogen-bond donors (Lipinski definition) is 2. The molecule has 8 heteroatoms. The molecule has 5 rings (SSSR count). The van der Waals surface area contributed by atoms with Crippen molar-refractivity contribution < 1.29 is 9.52 Å². The molecule has 34 heavy (non-hydrogen) atoms. The molecule has 7 nitrogen and oxygen atoms in total. The van der Waals surface area contributed by atoms with Crippen LogP contribution >= 0.6 is 11.3 Å². The van der Waals surface area contributed by atoms with Crippen LogP contribution in [0.15, 0.2) is 48.8 Å². The topological polar surface area (TPSA) is 85.4 Å². The van der Waals surface area contributed by atoms with Crippen LogP contribution in [-0.2, 0) is 6.54 Å². The number of fused-ring (bicyclic) bond motifs is 1. The highest BCUT2D eigenvalue weighted by atomic mass is 32.1. The van der Waals surface area contributed by atoms with E-state index in [4.69, 9.17) is 4.98 Å². The highest BCUT2D eigenvalue weighted by molar-refractivity contribution is 7.15. The molecular formula is C26H29N5O2S. The van der Waals surface area contributed by atoms with Gasteiger partial charge in [0.05, 0.1) is 16.3 Å². The summed E-state index contributed by atoms with van der Waals surface area (Å²) in [5, 5.41) is 18.5. The Morgan fingerprint density at radius 2 is 2.00 bits per heavy atom. The molecule has 1 aliphatic rings. The second kappa shape index (κ2) is 9.46. The number of nitrogens with zero attached hydrogens (tertiary/aromatic N) is 3. The first-order valence-electron chi connectivity index (χ1n) is 11.8. The van der Waals surface area contributed by atoms with Crippen LogP contribution in [0, 0.1) is 19.1 Å². The monoisotopic (exact) mass is 475 g/mol. The number of thiophene rings is 1. The van der Waals surface area contributed by atoms with E-state index in [1.807, 2.05) is 34.9 Å². The van der Waals surface area contributed by atoms with Crippen LogP contribution in [0.5, 0.6) is 0 Å². The van der Waals surface area contributed by atoms with Crippen LogP contribution < -0.4 is 15.4 Å². The number of rotatable bonds is 6. The lowest BCUT2D eigenvalue weighted by Crippen LogP contribution is -2.31. The van der Waals surface area contributed by atoms with E-state index in [1.165, 1.54) is 30.3 Å². The number of anilines is 1. The molecule has 0 bridgehead atoms. The van der Waals surface area contributed by atoms with E-state index in [-0.39, 0.29) is 12.5 Å². The smallest absolute Gasteiger partial charge is 0.272 e. The number of amides is 1. The maximum atomic E-state index is 13.4. The first-order chi connectivity index (χ1) is 16.5. The molecule has 0 aliphatic heterocycles. The standard InChI is InChI=1S/C26H29N5O2S/c1-17-10-12-19(16-31(17)33)15-27-26(32)23-24(22-13-11-18(2)34-22)30-14-6-9-21(25(30)29-23)28-20-7-4-3-5-8-20/h6,9-14,16,20,28H,3-5,7-8,15H2,1-2H3,(H,27,32). The zero-order valence-corrected chi connectivity index (χ0v) is 20.3. The van der Waals surface area contributed by atoms with Crippen LogP contribution in [0.2, 0.25) is 0 Å². The van der Waals surface area contributed by atoms with E-state index in [1.54, 1.807) is 24.3 Å². The molecule has 4 heterocycles. The van der Waals surface area contributed by atoms with Crippen molar-refractivity contribution in [3.63, 3.8) is 0 Å². The van der Waals surface area contributed by atoms with Gasteiger partial charge in [-0.25, -0.2) is 4.98 Å². The maximum absolute atomic E-state index is 13.4. The quantitative estimate of drug-likeness (QED) is 0.304. The Morgan fingerprint density at radius 1 is 1.18 bits per heavy atom. The molecule has 4 aromatic heterocycles. The molecule has 0 radical (unpaired) electrons. The Labute approximate surface area is 203 Å². The number of nitrogens with one attached hydrogen (secondary N) is 2. The first kappa shape index (κ1) is 22.4. The molecule has 0 atom stereocenters. The van der Waals surface area contributed by atoms with Gasteiger partial charge in [0, 0.05) is 42.2 Å². The van der Waals surface area contributed by atoms with Crippen LogP contribution in [0.4, 0.5) is 5.69 Å². The lowest BCUT2D eigenvalue weighted by molar-refractivity contribution is -0.612. The van der Waals surface area contributed by atoms with Crippen LogP contribution in [0.3, 0.4) is 0 Å². The van der Waals surface area contributed by atoms with E-state index < -0.39 is 0 Å². The third kappa shape index (κ3) is 4.50. The fraction of sp³-hybridized carbons (Fsp3) is 0.346. The molecule has 1 fully saturated rings. The molecule has 0 unspecified atom stereocenters. The van der Waals surface area contributed by atoms with Crippen LogP contribution in [0.1, 0.15) is 58.7 Å². The second-order valence-corrected chi connectivity index (χ2v) is 10.3. The van der Waals surface area contributed by atoms with Gasteiger partial charge in [0.2, 0.25) is 0 Å². The lowest BCUT2D eigenvalue weighted by atomic mass is 9.95. The number of carbonyl (C=O) groups excluding carboxylic acids is 1. The minimum atomic E-state index is -0.258. The van der Waals surface area contributed by atoms with Crippen molar-refractivity contribution in [1.29, 1.82) is 0 Å². The minimum absolute atomic E-state index is 0.255. The SMILES string of the molecule is Cc1ccc(-c2c(C(=O)NCc3ccc(C)[n+]([O-])c3)nc3c(NC4CCCCC4)cccn23)s1. The van der Waals surface area contributed by atoms with Crippen molar-refractivity contribution >= 4 is 28.6 Å². The molecule has 1 saturated carbocycles. The Bertz CT molecular complexity index is 1340. The number of pyridine rings is 2. The van der Waals surface area contributed by atoms with E-state index in [2.05, 4.69) is 23.6 Å². The molecule has 0 aromatic carbocycles. The lowest BCUT2D eigenvalue weighted by Gasteiger charge is -2.24. The summed E-state index contributed by atoms with van der Waals surface area (Å²) >= 11 is 1.65. The van der Waals surface area contributed by atoms with Gasteiger partial charge in [0.1, 0.15) is 0 Å². The number of carbonyl (C=O) groups is 1. The van der Waals surface area contributed by atoms with E-state index in [0.29, 0.717) is 17.4 Å². The molecule has 1 aliphatic carbocycles. The van der Waals surface area contributed by atoms with Gasteiger partial charge in [-0.15, -0.1) is 11.3 Å². The molecule has 0 spiro atoms. The van der Waals surface area contributed by atoms with Crippen molar-refractivity contribution in [2.24, 2.45) is 0 Å². The molecule has 1 amide bonds. The Balaban J connectivity index is 1.50. The van der Waals surface area contributed by atoms with E-state index >= 15 is 0 Å². The minimum Gasteiger partial charge on any atom is -0.619 e. The molecule has 176 valence electrons. The number of hydrogen-bond acceptors (Lipinski definition) is 5. The summed E-state index contributed by atoms with van der Waals surface area (Å²) in [6.45, 7) is 4.06. The van der Waals surface area contributed by atoms with Crippen molar-refractivity contribution in [3.05, 3.63) is 75.8 Å². The highest BCUT2D eigenvalue weighted by Crippen LogP contribution is 2.34. The number of aryl methyl sites for hydroxylation is 2. The van der Waals surface area contributed by atoms with Gasteiger partial charge >= 0.3 is 0 Å². The van der Waals surface area contributed by atoms with Crippen molar-refractivity contribution in [3.8, 4) is 10.6 Å². The normalized spacial score (nSPS) is 14.4. The predicted octanol–water partition coefficient (Wildman–Crippen LogP) is 4.99. The van der Waals surface area contributed by atoms with Crippen molar-refractivity contribution in [2.75, 3.05) is 5.32 Å². The number of aromatic nitrogens is 3. The summed E-state index contributed by atoms with van der Waals surface area (Å²) in [6, 6.07) is 12.2. The summed E-state index contributed by atoms with van der Waals surface area (Å²) < 4.78 is 2.83. The summed E-state index contributed by atoms with van der Waals surface area (Å²) in [6.07, 6.45) is 9.55. The summed E-state index contributed by atoms with van der Waals surface area (Å²) in [5.41, 5.74) is 4.25. The molecule has 0 saturated heterocycles. The molecule has 4 aromatic rings. The van der Waals surface area contributed by atoms with Crippen molar-refractivity contribution in [2.45, 2.75) is 58.5 Å².